The van der Waals surface area contributed by atoms with Gasteiger partial charge in [-0.2, -0.15) is 0 Å². The zero-order valence-corrected chi connectivity index (χ0v) is 21.3. The summed E-state index contributed by atoms with van der Waals surface area (Å²) < 4.78 is 16.0. The summed E-state index contributed by atoms with van der Waals surface area (Å²) in [6.07, 6.45) is 0.192. The number of halogens is 2. The monoisotopic (exact) mass is 557 g/mol. The first-order valence-electron chi connectivity index (χ1n) is 10.7. The lowest BCUT2D eigenvalue weighted by Crippen LogP contribution is -2.24. The van der Waals surface area contributed by atoms with Crippen LogP contribution >= 0.6 is 31.9 Å². The van der Waals surface area contributed by atoms with Crippen molar-refractivity contribution in [2.24, 2.45) is 0 Å². The van der Waals surface area contributed by atoms with Gasteiger partial charge in [-0.15, -0.1) is 0 Å². The summed E-state index contributed by atoms with van der Waals surface area (Å²) in [6, 6.07) is 20.7. The molecule has 0 aliphatic carbocycles. The summed E-state index contributed by atoms with van der Waals surface area (Å²) >= 11 is 7.19. The molecule has 1 unspecified atom stereocenters. The third kappa shape index (κ3) is 5.08. The van der Waals surface area contributed by atoms with Crippen LogP contribution in [0.25, 0.3) is 21.8 Å². The normalized spacial score (nSPS) is 12.4. The van der Waals surface area contributed by atoms with E-state index in [1.54, 1.807) is 6.92 Å². The third-order valence-corrected chi connectivity index (χ3v) is 6.52. The highest BCUT2D eigenvalue weighted by Gasteiger charge is 2.15. The summed E-state index contributed by atoms with van der Waals surface area (Å²) in [6.45, 7) is 5.30. The van der Waals surface area contributed by atoms with Gasteiger partial charge in [0, 0.05) is 43.8 Å². The maximum atomic E-state index is 11.7. The second kappa shape index (κ2) is 10.2. The molecule has 0 bridgehead atoms. The highest BCUT2D eigenvalue weighted by Crippen LogP contribution is 2.33. The fourth-order valence-electron chi connectivity index (χ4n) is 4.00. The Kier molecular flexibility index (Phi) is 7.33. The van der Waals surface area contributed by atoms with Crippen molar-refractivity contribution >= 4 is 59.4 Å². The van der Waals surface area contributed by atoms with E-state index in [0.29, 0.717) is 19.6 Å². The van der Waals surface area contributed by atoms with Crippen molar-refractivity contribution in [3.8, 4) is 5.75 Å². The Morgan fingerprint density at radius 1 is 0.938 bits per heavy atom. The first-order chi connectivity index (χ1) is 15.5. The van der Waals surface area contributed by atoms with Gasteiger partial charge in [-0.25, -0.2) is 0 Å². The fourth-order valence-corrected chi connectivity index (χ4v) is 4.72. The van der Waals surface area contributed by atoms with Crippen LogP contribution in [0, 0.1) is 0 Å². The van der Waals surface area contributed by atoms with E-state index in [4.69, 9.17) is 9.47 Å². The second-order valence-corrected chi connectivity index (χ2v) is 9.56. The maximum absolute atomic E-state index is 11.7. The SMILES string of the molecule is CCOC(Cc1ccc(OCCn2c3ccc(Br)cc3c3cc(Br)ccc32)cc1)C(C)=O. The average molecular weight is 559 g/mol. The molecule has 0 aliphatic heterocycles. The topological polar surface area (TPSA) is 40.5 Å². The number of carbonyl (C=O) groups is 1. The largest absolute Gasteiger partial charge is 0.492 e. The number of carbonyl (C=O) groups excluding carboxylic acids is 1. The molecule has 4 rings (SSSR count). The van der Waals surface area contributed by atoms with Gasteiger partial charge in [-0.05, 0) is 67.9 Å². The molecule has 166 valence electrons. The molecule has 1 heterocycles. The molecule has 0 aliphatic rings. The van der Waals surface area contributed by atoms with Crippen molar-refractivity contribution in [2.45, 2.75) is 32.9 Å². The van der Waals surface area contributed by atoms with Crippen LogP contribution in [0.2, 0.25) is 0 Å². The lowest BCUT2D eigenvalue weighted by molar-refractivity contribution is -0.127. The van der Waals surface area contributed by atoms with E-state index < -0.39 is 0 Å². The number of Topliss-reactive ketones (excluding diaryl/α,β-unsaturated/α-hetero) is 1. The first-order valence-corrected chi connectivity index (χ1v) is 12.3. The van der Waals surface area contributed by atoms with Gasteiger partial charge in [0.2, 0.25) is 0 Å². The minimum atomic E-state index is -0.387. The number of rotatable bonds is 9. The number of benzene rings is 3. The van der Waals surface area contributed by atoms with Crippen molar-refractivity contribution in [3.63, 3.8) is 0 Å². The minimum absolute atomic E-state index is 0.0532. The smallest absolute Gasteiger partial charge is 0.158 e. The molecule has 1 atom stereocenters. The predicted octanol–water partition coefficient (Wildman–Crippen LogP) is 6.94. The predicted molar refractivity (Wildman–Crippen MR) is 137 cm³/mol. The third-order valence-electron chi connectivity index (χ3n) is 5.54. The van der Waals surface area contributed by atoms with Crippen molar-refractivity contribution in [2.75, 3.05) is 13.2 Å². The number of aromatic nitrogens is 1. The van der Waals surface area contributed by atoms with Gasteiger partial charge in [0.1, 0.15) is 18.5 Å². The standard InChI is InChI=1S/C26H25Br2NO3/c1-3-31-26(17(2)30)14-18-4-8-21(9-5-18)32-13-12-29-24-10-6-19(27)15-22(24)23-16-20(28)7-11-25(23)29/h4-11,15-16,26H,3,12-14H2,1-2H3. The Hall–Kier alpha value is -2.15. The molecule has 3 aromatic carbocycles. The molecule has 0 saturated carbocycles. The van der Waals surface area contributed by atoms with Gasteiger partial charge in [-0.3, -0.25) is 4.79 Å². The zero-order valence-electron chi connectivity index (χ0n) is 18.1. The van der Waals surface area contributed by atoms with Crippen LogP contribution in [-0.4, -0.2) is 29.7 Å². The minimum Gasteiger partial charge on any atom is -0.492 e. The summed E-state index contributed by atoms with van der Waals surface area (Å²) in [5.74, 6) is 0.869. The molecule has 4 nitrogen and oxygen atoms in total. The molecule has 0 fully saturated rings. The van der Waals surface area contributed by atoms with Gasteiger partial charge in [0.15, 0.2) is 5.78 Å². The number of ether oxygens (including phenoxy) is 2. The van der Waals surface area contributed by atoms with E-state index >= 15 is 0 Å². The molecule has 6 heteroatoms. The molecule has 0 radical (unpaired) electrons. The lowest BCUT2D eigenvalue weighted by Gasteiger charge is -2.14. The quantitative estimate of drug-likeness (QED) is 0.223. The fraction of sp³-hybridized carbons (Fsp3) is 0.269. The van der Waals surface area contributed by atoms with E-state index in [9.17, 15) is 4.79 Å². The van der Waals surface area contributed by atoms with Crippen molar-refractivity contribution in [1.82, 2.24) is 4.57 Å². The molecule has 0 amide bonds. The highest BCUT2D eigenvalue weighted by atomic mass is 79.9. The van der Waals surface area contributed by atoms with E-state index in [1.807, 2.05) is 31.2 Å². The number of fused-ring (bicyclic) bond motifs is 3. The van der Waals surface area contributed by atoms with Crippen LogP contribution in [0.1, 0.15) is 19.4 Å². The molecule has 4 aromatic rings. The van der Waals surface area contributed by atoms with Crippen molar-refractivity contribution in [3.05, 3.63) is 75.2 Å². The lowest BCUT2D eigenvalue weighted by atomic mass is 10.1. The van der Waals surface area contributed by atoms with Gasteiger partial charge >= 0.3 is 0 Å². The number of hydrogen-bond donors (Lipinski definition) is 0. The Morgan fingerprint density at radius 3 is 2.06 bits per heavy atom. The van der Waals surface area contributed by atoms with E-state index in [2.05, 4.69) is 72.8 Å². The maximum Gasteiger partial charge on any atom is 0.158 e. The Labute approximate surface area is 204 Å². The number of hydrogen-bond acceptors (Lipinski definition) is 3. The summed E-state index contributed by atoms with van der Waals surface area (Å²) in [7, 11) is 0. The van der Waals surface area contributed by atoms with Crippen molar-refractivity contribution < 1.29 is 14.3 Å². The molecule has 0 spiro atoms. The molecule has 1 aromatic heterocycles. The summed E-state index contributed by atoms with van der Waals surface area (Å²) in [5, 5.41) is 2.43. The molecular weight excluding hydrogens is 534 g/mol. The molecular formula is C26H25Br2NO3. The summed E-state index contributed by atoms with van der Waals surface area (Å²) in [5.41, 5.74) is 3.43. The van der Waals surface area contributed by atoms with Gasteiger partial charge in [0.25, 0.3) is 0 Å². The van der Waals surface area contributed by atoms with E-state index in [1.165, 1.54) is 21.8 Å². The van der Waals surface area contributed by atoms with Crippen LogP contribution in [0.15, 0.2) is 69.6 Å². The second-order valence-electron chi connectivity index (χ2n) is 7.73. The van der Waals surface area contributed by atoms with E-state index in [-0.39, 0.29) is 11.9 Å². The molecule has 0 saturated heterocycles. The van der Waals surface area contributed by atoms with Crippen LogP contribution in [-0.2, 0) is 22.5 Å². The van der Waals surface area contributed by atoms with Crippen molar-refractivity contribution in [1.29, 1.82) is 0 Å². The van der Waals surface area contributed by atoms with Crippen LogP contribution < -0.4 is 4.74 Å². The van der Waals surface area contributed by atoms with Gasteiger partial charge in [0.05, 0.1) is 6.54 Å². The number of nitrogens with zero attached hydrogens (tertiary/aromatic N) is 1. The van der Waals surface area contributed by atoms with Crippen LogP contribution in [0.4, 0.5) is 0 Å². The zero-order chi connectivity index (χ0) is 22.7. The Morgan fingerprint density at radius 2 is 1.53 bits per heavy atom. The van der Waals surface area contributed by atoms with Gasteiger partial charge in [-0.1, -0.05) is 44.0 Å². The number of ketones is 1. The van der Waals surface area contributed by atoms with Crippen LogP contribution in [0.5, 0.6) is 5.75 Å². The Bertz CT molecular complexity index is 1190. The Balaban J connectivity index is 1.47. The van der Waals surface area contributed by atoms with Crippen LogP contribution in [0.3, 0.4) is 0 Å². The highest BCUT2D eigenvalue weighted by molar-refractivity contribution is 9.10. The molecule has 0 N–H and O–H groups in total. The molecule has 32 heavy (non-hydrogen) atoms. The first kappa shape index (κ1) is 23.0. The van der Waals surface area contributed by atoms with Gasteiger partial charge < -0.3 is 14.0 Å². The van der Waals surface area contributed by atoms with E-state index in [0.717, 1.165) is 26.8 Å². The summed E-state index contributed by atoms with van der Waals surface area (Å²) in [4.78, 5) is 11.7. The average Bonchev–Trinajstić information content (AvgIpc) is 3.06.